The topological polar surface area (TPSA) is 42.5 Å². The Morgan fingerprint density at radius 3 is 1.97 bits per heavy atom. The summed E-state index contributed by atoms with van der Waals surface area (Å²) in [7, 11) is 2.06. The van der Waals surface area contributed by atoms with Crippen LogP contribution in [0.3, 0.4) is 0 Å². The molecule has 6 rings (SSSR count). The maximum absolute atomic E-state index is 5.02. The summed E-state index contributed by atoms with van der Waals surface area (Å²) in [5.74, 6) is 0. The van der Waals surface area contributed by atoms with Gasteiger partial charge in [0.2, 0.25) is 5.52 Å². The first-order chi connectivity index (χ1) is 14.3. The van der Waals surface area contributed by atoms with E-state index in [2.05, 4.69) is 77.4 Å². The highest BCUT2D eigenvalue weighted by molar-refractivity contribution is 6.04. The maximum atomic E-state index is 5.02. The molecule has 0 spiro atoms. The molecule has 2 aromatic carbocycles. The molecule has 6 aromatic rings. The van der Waals surface area contributed by atoms with Crippen molar-refractivity contribution in [2.45, 2.75) is 0 Å². The summed E-state index contributed by atoms with van der Waals surface area (Å²) in [6.07, 6.45) is 3.87. The molecule has 0 N–H and O–H groups in total. The molecule has 0 fully saturated rings. The Morgan fingerprint density at radius 1 is 0.586 bits per heavy atom. The monoisotopic (exact) mass is 373 g/mol. The van der Waals surface area contributed by atoms with Crippen LogP contribution in [-0.2, 0) is 7.05 Å². The predicted molar refractivity (Wildman–Crippen MR) is 116 cm³/mol. The summed E-state index contributed by atoms with van der Waals surface area (Å²) in [4.78, 5) is 14.5. The first-order valence-electron chi connectivity index (χ1n) is 9.61. The smallest absolute Gasteiger partial charge is 0.238 e. The van der Waals surface area contributed by atoms with Gasteiger partial charge in [-0.1, -0.05) is 36.4 Å². The molecule has 4 nitrogen and oxygen atoms in total. The molecular formula is C25H17N4+. The number of rotatable bonds is 1. The van der Waals surface area contributed by atoms with Gasteiger partial charge in [0.1, 0.15) is 12.6 Å². The number of fused-ring (bicyclic) bond motifs is 6. The second-order valence-electron chi connectivity index (χ2n) is 7.30. The highest BCUT2D eigenvalue weighted by Gasteiger charge is 2.13. The van der Waals surface area contributed by atoms with Gasteiger partial charge in [-0.05, 0) is 30.3 Å². The molecular weight excluding hydrogens is 356 g/mol. The van der Waals surface area contributed by atoms with Crippen molar-refractivity contribution in [3.63, 3.8) is 0 Å². The molecule has 4 heteroatoms. The van der Waals surface area contributed by atoms with E-state index in [4.69, 9.17) is 9.97 Å². The third-order valence-electron chi connectivity index (χ3n) is 5.50. The Labute approximate surface area is 167 Å². The lowest BCUT2D eigenvalue weighted by Gasteiger charge is -2.07. The molecule has 0 aliphatic carbocycles. The van der Waals surface area contributed by atoms with Gasteiger partial charge in [0, 0.05) is 33.8 Å². The largest absolute Gasteiger partial charge is 0.254 e. The minimum Gasteiger partial charge on any atom is -0.254 e. The van der Waals surface area contributed by atoms with Gasteiger partial charge in [-0.25, -0.2) is 9.97 Å². The molecule has 0 unspecified atom stereocenters. The van der Waals surface area contributed by atoms with Gasteiger partial charge in [0.15, 0.2) is 6.20 Å². The Kier molecular flexibility index (Phi) is 3.35. The lowest BCUT2D eigenvalue weighted by atomic mass is 10.1. The average molecular weight is 373 g/mol. The van der Waals surface area contributed by atoms with Crippen LogP contribution in [0, 0.1) is 0 Å². The van der Waals surface area contributed by atoms with Crippen LogP contribution in [0.4, 0.5) is 0 Å². The summed E-state index contributed by atoms with van der Waals surface area (Å²) >= 11 is 0. The van der Waals surface area contributed by atoms with Crippen molar-refractivity contribution in [2.75, 3.05) is 0 Å². The van der Waals surface area contributed by atoms with Crippen LogP contribution in [0.25, 0.3) is 55.0 Å². The van der Waals surface area contributed by atoms with Crippen LogP contribution in [0.1, 0.15) is 0 Å². The zero-order chi connectivity index (χ0) is 19.4. The Morgan fingerprint density at radius 2 is 1.17 bits per heavy atom. The van der Waals surface area contributed by atoms with Gasteiger partial charge in [-0.15, -0.1) is 0 Å². The van der Waals surface area contributed by atoms with Crippen molar-refractivity contribution in [3.8, 4) is 11.4 Å². The average Bonchev–Trinajstić information content (AvgIpc) is 2.78. The highest BCUT2D eigenvalue weighted by Crippen LogP contribution is 2.27. The minimum absolute atomic E-state index is 0.855. The van der Waals surface area contributed by atoms with E-state index in [1.807, 2.05) is 24.4 Å². The predicted octanol–water partition coefficient (Wildman–Crippen LogP) is 4.98. The van der Waals surface area contributed by atoms with Crippen molar-refractivity contribution < 1.29 is 4.57 Å². The van der Waals surface area contributed by atoms with Crippen LogP contribution in [0.2, 0.25) is 0 Å². The quantitative estimate of drug-likeness (QED) is 0.302. The van der Waals surface area contributed by atoms with E-state index in [0.717, 1.165) is 49.6 Å². The van der Waals surface area contributed by atoms with Crippen molar-refractivity contribution >= 4 is 43.6 Å². The minimum atomic E-state index is 0.855. The van der Waals surface area contributed by atoms with Crippen LogP contribution >= 0.6 is 0 Å². The second-order valence-corrected chi connectivity index (χ2v) is 7.30. The van der Waals surface area contributed by atoms with Gasteiger partial charge >= 0.3 is 0 Å². The Bertz CT molecular complexity index is 1570. The van der Waals surface area contributed by atoms with E-state index in [0.29, 0.717) is 0 Å². The zero-order valence-corrected chi connectivity index (χ0v) is 15.9. The second kappa shape index (κ2) is 6.04. The number of hydrogen-bond acceptors (Lipinski definition) is 3. The van der Waals surface area contributed by atoms with Crippen LogP contribution in [0.5, 0.6) is 0 Å². The van der Waals surface area contributed by atoms with E-state index in [9.17, 15) is 0 Å². The molecule has 0 aliphatic rings. The fourth-order valence-electron chi connectivity index (χ4n) is 4.05. The molecule has 0 amide bonds. The summed E-state index contributed by atoms with van der Waals surface area (Å²) in [6.45, 7) is 0. The highest BCUT2D eigenvalue weighted by atomic mass is 14.9. The summed E-state index contributed by atoms with van der Waals surface area (Å²) < 4.78 is 2.12. The molecule has 0 saturated carbocycles. The van der Waals surface area contributed by atoms with E-state index >= 15 is 0 Å². The number of hydrogen-bond donors (Lipinski definition) is 0. The standard InChI is InChI=1S/C25H17N4/c1-29-15-3-5-19-9-8-18-11-13-21(28-24(18)25(19)29)20-12-10-17-7-6-16-4-2-14-26-22(16)23(17)27-20/h2-15H,1H3/q+1. The van der Waals surface area contributed by atoms with Crippen LogP contribution in [-0.4, -0.2) is 15.0 Å². The fraction of sp³-hybridized carbons (Fsp3) is 0.0400. The number of aryl methyl sites for hydroxylation is 1. The normalized spacial score (nSPS) is 11.6. The van der Waals surface area contributed by atoms with E-state index in [1.165, 1.54) is 5.39 Å². The lowest BCUT2D eigenvalue weighted by molar-refractivity contribution is -0.644. The molecule has 4 aromatic heterocycles. The van der Waals surface area contributed by atoms with Gasteiger partial charge in [0.25, 0.3) is 0 Å². The first-order valence-corrected chi connectivity index (χ1v) is 9.61. The molecule has 0 atom stereocenters. The number of aromatic nitrogens is 4. The number of benzene rings is 2. The van der Waals surface area contributed by atoms with Gasteiger partial charge in [0.05, 0.1) is 22.4 Å². The first kappa shape index (κ1) is 16.1. The summed E-state index contributed by atoms with van der Waals surface area (Å²) in [5.41, 5.74) is 5.66. The van der Waals surface area contributed by atoms with Crippen molar-refractivity contribution in [1.82, 2.24) is 15.0 Å². The molecule has 0 aliphatic heterocycles. The van der Waals surface area contributed by atoms with Crippen molar-refractivity contribution in [1.29, 1.82) is 0 Å². The third kappa shape index (κ3) is 2.46. The fourth-order valence-corrected chi connectivity index (χ4v) is 4.05. The van der Waals surface area contributed by atoms with Crippen LogP contribution in [0.15, 0.2) is 85.2 Å². The van der Waals surface area contributed by atoms with E-state index in [1.54, 1.807) is 0 Å². The molecule has 29 heavy (non-hydrogen) atoms. The van der Waals surface area contributed by atoms with Crippen molar-refractivity contribution in [3.05, 3.63) is 85.2 Å². The Hall–Kier alpha value is -3.92. The van der Waals surface area contributed by atoms with Crippen LogP contribution < -0.4 is 4.57 Å². The number of nitrogens with zero attached hydrogens (tertiary/aromatic N) is 4. The van der Waals surface area contributed by atoms with E-state index in [-0.39, 0.29) is 0 Å². The SMILES string of the molecule is C[n+]1cccc2ccc3ccc(-c4ccc5ccc6cccnc6c5n4)nc3c21. The summed E-state index contributed by atoms with van der Waals surface area (Å²) in [6, 6.07) is 25.0. The molecule has 0 radical (unpaired) electrons. The molecule has 0 bridgehead atoms. The van der Waals surface area contributed by atoms with Gasteiger partial charge in [-0.3, -0.25) is 4.98 Å². The lowest BCUT2D eigenvalue weighted by Crippen LogP contribution is -2.28. The molecule has 136 valence electrons. The third-order valence-corrected chi connectivity index (χ3v) is 5.50. The van der Waals surface area contributed by atoms with Gasteiger partial charge in [-0.2, -0.15) is 4.57 Å². The van der Waals surface area contributed by atoms with Crippen molar-refractivity contribution in [2.24, 2.45) is 7.05 Å². The summed E-state index contributed by atoms with van der Waals surface area (Å²) in [5, 5.41) is 4.47. The zero-order valence-electron chi connectivity index (χ0n) is 15.9. The van der Waals surface area contributed by atoms with Gasteiger partial charge < -0.3 is 0 Å². The Balaban J connectivity index is 1.64. The van der Waals surface area contributed by atoms with E-state index < -0.39 is 0 Å². The molecule has 0 saturated heterocycles. The number of pyridine rings is 4. The molecule has 4 heterocycles. The maximum Gasteiger partial charge on any atom is 0.238 e.